The van der Waals surface area contributed by atoms with Gasteiger partial charge in [-0.1, -0.05) is 0 Å². The van der Waals surface area contributed by atoms with Crippen LogP contribution in [-0.4, -0.2) is 46.5 Å². The van der Waals surface area contributed by atoms with E-state index in [2.05, 4.69) is 23.8 Å². The van der Waals surface area contributed by atoms with Crippen molar-refractivity contribution in [2.75, 3.05) is 25.4 Å². The van der Waals surface area contributed by atoms with Crippen LogP contribution in [0.25, 0.3) is 10.9 Å². The average Bonchev–Trinajstić information content (AvgIpc) is 2.82. The Morgan fingerprint density at radius 3 is 3.10 bits per heavy atom. The normalized spacial score (nSPS) is 20.9. The minimum atomic E-state index is 0.190. The molecule has 108 valence electrons. The molecule has 1 atom stereocenters. The SMILES string of the molecule is CC(C)N1CCOC(Cn2ncc3ccc(N)cc32)C1. The fourth-order valence-electron chi connectivity index (χ4n) is 2.75. The van der Waals surface area contributed by atoms with Gasteiger partial charge in [-0.2, -0.15) is 5.10 Å². The zero-order chi connectivity index (χ0) is 14.1. The number of aromatic nitrogens is 2. The van der Waals surface area contributed by atoms with Crippen molar-refractivity contribution in [3.63, 3.8) is 0 Å². The van der Waals surface area contributed by atoms with Gasteiger partial charge in [0.05, 0.1) is 31.0 Å². The lowest BCUT2D eigenvalue weighted by molar-refractivity contribution is -0.0464. The molecule has 1 aromatic carbocycles. The van der Waals surface area contributed by atoms with Gasteiger partial charge >= 0.3 is 0 Å². The number of hydrogen-bond donors (Lipinski definition) is 1. The number of benzene rings is 1. The van der Waals surface area contributed by atoms with Crippen molar-refractivity contribution in [1.29, 1.82) is 0 Å². The topological polar surface area (TPSA) is 56.3 Å². The van der Waals surface area contributed by atoms with Crippen LogP contribution in [0.2, 0.25) is 0 Å². The summed E-state index contributed by atoms with van der Waals surface area (Å²) in [6.07, 6.45) is 2.08. The molecule has 1 aliphatic heterocycles. The highest BCUT2D eigenvalue weighted by molar-refractivity contribution is 5.81. The van der Waals surface area contributed by atoms with Gasteiger partial charge in [-0.05, 0) is 32.0 Å². The third-order valence-electron chi connectivity index (χ3n) is 3.95. The van der Waals surface area contributed by atoms with Crippen LogP contribution < -0.4 is 5.73 Å². The number of fused-ring (bicyclic) bond motifs is 1. The lowest BCUT2D eigenvalue weighted by Gasteiger charge is -2.35. The highest BCUT2D eigenvalue weighted by Gasteiger charge is 2.23. The van der Waals surface area contributed by atoms with Gasteiger partial charge in [-0.15, -0.1) is 0 Å². The first-order valence-corrected chi connectivity index (χ1v) is 7.20. The molecule has 2 heterocycles. The average molecular weight is 274 g/mol. The van der Waals surface area contributed by atoms with E-state index >= 15 is 0 Å². The number of nitrogen functional groups attached to an aromatic ring is 1. The third kappa shape index (κ3) is 2.64. The number of nitrogens with two attached hydrogens (primary N) is 1. The molecule has 2 aromatic rings. The molecule has 0 amide bonds. The maximum absolute atomic E-state index is 5.88. The standard InChI is InChI=1S/C15H22N4O/c1-11(2)18-5-6-20-14(9-18)10-19-15-7-13(16)4-3-12(15)8-17-19/h3-4,7-8,11,14H,5-6,9-10,16H2,1-2H3. The molecule has 5 heteroatoms. The Kier molecular flexibility index (Phi) is 3.63. The fourth-order valence-corrected chi connectivity index (χ4v) is 2.75. The van der Waals surface area contributed by atoms with E-state index in [1.807, 2.05) is 29.1 Å². The third-order valence-corrected chi connectivity index (χ3v) is 3.95. The van der Waals surface area contributed by atoms with Crippen molar-refractivity contribution in [2.45, 2.75) is 32.5 Å². The maximum Gasteiger partial charge on any atom is 0.0898 e. The van der Waals surface area contributed by atoms with Crippen LogP contribution in [0.5, 0.6) is 0 Å². The number of nitrogens with zero attached hydrogens (tertiary/aromatic N) is 3. The molecular formula is C15H22N4O. The second kappa shape index (κ2) is 5.42. The van der Waals surface area contributed by atoms with Crippen LogP contribution in [0.1, 0.15) is 13.8 Å². The molecular weight excluding hydrogens is 252 g/mol. The summed E-state index contributed by atoms with van der Waals surface area (Å²) in [6, 6.07) is 6.46. The number of rotatable bonds is 3. The second-order valence-electron chi connectivity index (χ2n) is 5.73. The van der Waals surface area contributed by atoms with Gasteiger partial charge in [0.2, 0.25) is 0 Å². The van der Waals surface area contributed by atoms with E-state index in [0.29, 0.717) is 6.04 Å². The summed E-state index contributed by atoms with van der Waals surface area (Å²) in [5.74, 6) is 0. The Labute approximate surface area is 119 Å². The summed E-state index contributed by atoms with van der Waals surface area (Å²) in [5.41, 5.74) is 7.72. The molecule has 0 spiro atoms. The highest BCUT2D eigenvalue weighted by atomic mass is 16.5. The number of anilines is 1. The van der Waals surface area contributed by atoms with Crippen LogP contribution in [0, 0.1) is 0 Å². The summed E-state index contributed by atoms with van der Waals surface area (Å²) >= 11 is 0. The maximum atomic E-state index is 5.88. The summed E-state index contributed by atoms with van der Waals surface area (Å²) in [4.78, 5) is 2.45. The molecule has 2 N–H and O–H groups in total. The monoisotopic (exact) mass is 274 g/mol. The first-order chi connectivity index (χ1) is 9.63. The summed E-state index contributed by atoms with van der Waals surface area (Å²) in [6.45, 7) is 8.00. The molecule has 0 saturated carbocycles. The van der Waals surface area contributed by atoms with Gasteiger partial charge in [0.1, 0.15) is 0 Å². The Balaban J connectivity index is 1.77. The summed E-state index contributed by atoms with van der Waals surface area (Å²) < 4.78 is 7.88. The van der Waals surface area contributed by atoms with Crippen molar-refractivity contribution >= 4 is 16.6 Å². The number of hydrogen-bond acceptors (Lipinski definition) is 4. The molecule has 1 aliphatic rings. The van der Waals surface area contributed by atoms with Crippen molar-refractivity contribution < 1.29 is 4.74 Å². The van der Waals surface area contributed by atoms with E-state index in [0.717, 1.165) is 42.8 Å². The molecule has 1 saturated heterocycles. The largest absolute Gasteiger partial charge is 0.399 e. The lowest BCUT2D eigenvalue weighted by Crippen LogP contribution is -2.47. The van der Waals surface area contributed by atoms with Crippen molar-refractivity contribution in [1.82, 2.24) is 14.7 Å². The van der Waals surface area contributed by atoms with E-state index in [-0.39, 0.29) is 6.10 Å². The summed E-state index contributed by atoms with van der Waals surface area (Å²) in [7, 11) is 0. The molecule has 1 aromatic heterocycles. The van der Waals surface area contributed by atoms with E-state index in [9.17, 15) is 0 Å². The highest BCUT2D eigenvalue weighted by Crippen LogP contribution is 2.18. The van der Waals surface area contributed by atoms with Gasteiger partial charge in [-0.3, -0.25) is 9.58 Å². The smallest absolute Gasteiger partial charge is 0.0898 e. The van der Waals surface area contributed by atoms with E-state index in [4.69, 9.17) is 10.5 Å². The van der Waals surface area contributed by atoms with E-state index in [1.165, 1.54) is 0 Å². The minimum absolute atomic E-state index is 0.190. The van der Waals surface area contributed by atoms with Gasteiger partial charge in [0.15, 0.2) is 0 Å². The lowest BCUT2D eigenvalue weighted by atomic mass is 10.2. The van der Waals surface area contributed by atoms with Crippen LogP contribution >= 0.6 is 0 Å². The Morgan fingerprint density at radius 2 is 2.30 bits per heavy atom. The van der Waals surface area contributed by atoms with Crippen molar-refractivity contribution in [3.8, 4) is 0 Å². The van der Waals surface area contributed by atoms with Crippen LogP contribution in [-0.2, 0) is 11.3 Å². The summed E-state index contributed by atoms with van der Waals surface area (Å²) in [5, 5.41) is 5.58. The molecule has 1 fully saturated rings. The van der Waals surface area contributed by atoms with Crippen LogP contribution in [0.4, 0.5) is 5.69 Å². The van der Waals surface area contributed by atoms with Crippen molar-refractivity contribution in [3.05, 3.63) is 24.4 Å². The fraction of sp³-hybridized carbons (Fsp3) is 0.533. The number of morpholine rings is 1. The predicted molar refractivity (Wildman–Crippen MR) is 80.6 cm³/mol. The molecule has 20 heavy (non-hydrogen) atoms. The zero-order valence-corrected chi connectivity index (χ0v) is 12.1. The molecule has 0 bridgehead atoms. The van der Waals surface area contributed by atoms with Gasteiger partial charge in [0, 0.05) is 30.2 Å². The molecule has 5 nitrogen and oxygen atoms in total. The Morgan fingerprint density at radius 1 is 1.45 bits per heavy atom. The van der Waals surface area contributed by atoms with Gasteiger partial charge < -0.3 is 10.5 Å². The Hall–Kier alpha value is -1.59. The molecule has 1 unspecified atom stereocenters. The minimum Gasteiger partial charge on any atom is -0.399 e. The first-order valence-electron chi connectivity index (χ1n) is 7.20. The van der Waals surface area contributed by atoms with Crippen molar-refractivity contribution in [2.24, 2.45) is 0 Å². The van der Waals surface area contributed by atoms with E-state index < -0.39 is 0 Å². The van der Waals surface area contributed by atoms with E-state index in [1.54, 1.807) is 0 Å². The Bertz CT molecular complexity index is 593. The molecule has 0 aliphatic carbocycles. The van der Waals surface area contributed by atoms with Crippen LogP contribution in [0.15, 0.2) is 24.4 Å². The predicted octanol–water partition coefficient (Wildman–Crippen LogP) is 1.73. The second-order valence-corrected chi connectivity index (χ2v) is 5.73. The first kappa shape index (κ1) is 13.4. The van der Waals surface area contributed by atoms with Gasteiger partial charge in [0.25, 0.3) is 0 Å². The molecule has 3 rings (SSSR count). The van der Waals surface area contributed by atoms with Gasteiger partial charge in [-0.25, -0.2) is 0 Å². The number of ether oxygens (including phenoxy) is 1. The zero-order valence-electron chi connectivity index (χ0n) is 12.1. The quantitative estimate of drug-likeness (QED) is 0.866. The van der Waals surface area contributed by atoms with Crippen LogP contribution in [0.3, 0.4) is 0 Å². The molecule has 0 radical (unpaired) electrons.